The smallest absolute Gasteiger partial charge is 0.170 e. The van der Waals surface area contributed by atoms with E-state index in [1.54, 1.807) is 39.0 Å². The molecule has 0 aliphatic carbocycles. The highest BCUT2D eigenvalue weighted by Crippen LogP contribution is 2.18. The van der Waals surface area contributed by atoms with Crippen molar-refractivity contribution in [1.29, 1.82) is 5.26 Å². The molecular weight excluding hydrogens is 214 g/mol. The Morgan fingerprint density at radius 2 is 1.94 bits per heavy atom. The molecule has 0 amide bonds. The van der Waals surface area contributed by atoms with Crippen LogP contribution in [0.2, 0.25) is 0 Å². The van der Waals surface area contributed by atoms with E-state index in [9.17, 15) is 9.59 Å². The Bertz CT molecular complexity index is 490. The molecule has 0 heterocycles. The van der Waals surface area contributed by atoms with Crippen LogP contribution in [-0.2, 0) is 4.79 Å². The fourth-order valence-electron chi connectivity index (χ4n) is 1.28. The number of hydrogen-bond donors (Lipinski definition) is 0. The summed E-state index contributed by atoms with van der Waals surface area (Å²) in [6.45, 7) is 5.36. The monoisotopic (exact) mass is 229 g/mol. The van der Waals surface area contributed by atoms with Crippen LogP contribution in [-0.4, -0.2) is 11.6 Å². The molecule has 0 saturated carbocycles. The lowest BCUT2D eigenvalue weighted by Gasteiger charge is -2.15. The number of carbonyl (C=O) groups is 2. The second-order valence-electron chi connectivity index (χ2n) is 4.97. The lowest BCUT2D eigenvalue weighted by molar-refractivity contribution is -0.125. The van der Waals surface area contributed by atoms with Gasteiger partial charge < -0.3 is 0 Å². The molecule has 0 fully saturated rings. The molecule has 3 heteroatoms. The topological polar surface area (TPSA) is 57.9 Å². The van der Waals surface area contributed by atoms with Crippen LogP contribution in [0, 0.1) is 16.7 Å². The first-order valence-corrected chi connectivity index (χ1v) is 5.41. The number of carbonyl (C=O) groups excluding carboxylic acids is 2. The highest BCUT2D eigenvalue weighted by atomic mass is 16.1. The van der Waals surface area contributed by atoms with Crippen LogP contribution in [0.1, 0.15) is 43.1 Å². The Balaban J connectivity index is 2.85. The Morgan fingerprint density at radius 3 is 2.47 bits per heavy atom. The van der Waals surface area contributed by atoms with E-state index < -0.39 is 5.41 Å². The molecule has 1 aromatic carbocycles. The molecule has 1 aromatic rings. The van der Waals surface area contributed by atoms with Crippen LogP contribution in [0.4, 0.5) is 0 Å². The quantitative estimate of drug-likeness (QED) is 0.591. The summed E-state index contributed by atoms with van der Waals surface area (Å²) in [4.78, 5) is 23.6. The molecule has 0 unspecified atom stereocenters. The standard InChI is InChI=1S/C14H15NO2/c1-14(2,3)13(17)8-12(16)11-6-4-5-10(7-11)9-15/h4-7H,8H2,1-3H3. The molecule has 0 bridgehead atoms. The number of nitrogens with zero attached hydrogens (tertiary/aromatic N) is 1. The van der Waals surface area contributed by atoms with E-state index in [1.165, 1.54) is 6.07 Å². The van der Waals surface area contributed by atoms with Gasteiger partial charge in [-0.1, -0.05) is 32.9 Å². The van der Waals surface area contributed by atoms with Crippen molar-refractivity contribution in [1.82, 2.24) is 0 Å². The fourth-order valence-corrected chi connectivity index (χ4v) is 1.28. The zero-order valence-corrected chi connectivity index (χ0v) is 10.3. The summed E-state index contributed by atoms with van der Waals surface area (Å²) in [6, 6.07) is 8.38. The minimum atomic E-state index is -0.511. The van der Waals surface area contributed by atoms with Crippen LogP contribution >= 0.6 is 0 Å². The summed E-state index contributed by atoms with van der Waals surface area (Å²) < 4.78 is 0. The maximum Gasteiger partial charge on any atom is 0.170 e. The molecule has 0 aliphatic heterocycles. The Hall–Kier alpha value is -1.95. The van der Waals surface area contributed by atoms with Crippen molar-refractivity contribution >= 4 is 11.6 Å². The fraction of sp³-hybridized carbons (Fsp3) is 0.357. The molecule has 1 rings (SSSR count). The average Bonchev–Trinajstić information content (AvgIpc) is 2.27. The minimum absolute atomic E-state index is 0.0927. The molecule has 0 aliphatic rings. The van der Waals surface area contributed by atoms with E-state index in [-0.39, 0.29) is 18.0 Å². The summed E-state index contributed by atoms with van der Waals surface area (Å²) >= 11 is 0. The van der Waals surface area contributed by atoms with E-state index in [4.69, 9.17) is 5.26 Å². The molecule has 0 saturated heterocycles. The van der Waals surface area contributed by atoms with Crippen LogP contribution in [0.5, 0.6) is 0 Å². The summed E-state index contributed by atoms with van der Waals surface area (Å²) in [6.07, 6.45) is -0.113. The number of rotatable bonds is 3. The maximum atomic E-state index is 11.8. The van der Waals surface area contributed by atoms with Crippen LogP contribution in [0.15, 0.2) is 24.3 Å². The van der Waals surface area contributed by atoms with Gasteiger partial charge in [-0.25, -0.2) is 0 Å². The third-order valence-corrected chi connectivity index (χ3v) is 2.47. The summed E-state index contributed by atoms with van der Waals surface area (Å²) in [5.74, 6) is -0.327. The molecule has 0 aromatic heterocycles. The first-order valence-electron chi connectivity index (χ1n) is 5.41. The Labute approximate surface area is 101 Å². The number of benzene rings is 1. The van der Waals surface area contributed by atoms with Gasteiger partial charge in [0, 0.05) is 11.0 Å². The molecule has 0 N–H and O–H groups in total. The lowest BCUT2D eigenvalue weighted by atomic mass is 9.87. The highest BCUT2D eigenvalue weighted by Gasteiger charge is 2.24. The van der Waals surface area contributed by atoms with Crippen LogP contribution in [0.3, 0.4) is 0 Å². The van der Waals surface area contributed by atoms with Crippen molar-refractivity contribution in [3.05, 3.63) is 35.4 Å². The third kappa shape index (κ3) is 3.53. The molecular formula is C14H15NO2. The van der Waals surface area contributed by atoms with Crippen molar-refractivity contribution in [3.63, 3.8) is 0 Å². The van der Waals surface area contributed by atoms with Gasteiger partial charge in [0.2, 0.25) is 0 Å². The van der Waals surface area contributed by atoms with Gasteiger partial charge in [0.1, 0.15) is 5.78 Å². The van der Waals surface area contributed by atoms with Gasteiger partial charge >= 0.3 is 0 Å². The van der Waals surface area contributed by atoms with Gasteiger partial charge in [-0.05, 0) is 12.1 Å². The predicted molar refractivity (Wildman–Crippen MR) is 64.6 cm³/mol. The van der Waals surface area contributed by atoms with Crippen molar-refractivity contribution in [2.24, 2.45) is 5.41 Å². The lowest BCUT2D eigenvalue weighted by Crippen LogP contribution is -2.23. The second-order valence-corrected chi connectivity index (χ2v) is 4.97. The van der Waals surface area contributed by atoms with Gasteiger partial charge in [0.15, 0.2) is 5.78 Å². The Morgan fingerprint density at radius 1 is 1.29 bits per heavy atom. The van der Waals surface area contributed by atoms with Crippen LogP contribution in [0.25, 0.3) is 0 Å². The third-order valence-electron chi connectivity index (χ3n) is 2.47. The van der Waals surface area contributed by atoms with Crippen LogP contribution < -0.4 is 0 Å². The molecule has 88 valence electrons. The minimum Gasteiger partial charge on any atom is -0.299 e. The molecule has 0 radical (unpaired) electrons. The van der Waals surface area contributed by atoms with Crippen molar-refractivity contribution < 1.29 is 9.59 Å². The molecule has 0 spiro atoms. The normalized spacial score (nSPS) is 10.7. The van der Waals surface area contributed by atoms with E-state index >= 15 is 0 Å². The highest BCUT2D eigenvalue weighted by molar-refractivity contribution is 6.09. The molecule has 17 heavy (non-hydrogen) atoms. The summed E-state index contributed by atoms with van der Waals surface area (Å²) in [5, 5.41) is 8.73. The summed E-state index contributed by atoms with van der Waals surface area (Å²) in [5.41, 5.74) is 0.336. The number of Topliss-reactive ketones (excluding diaryl/α,β-unsaturated/α-hetero) is 2. The van der Waals surface area contributed by atoms with Gasteiger partial charge in [0.25, 0.3) is 0 Å². The largest absolute Gasteiger partial charge is 0.299 e. The van der Waals surface area contributed by atoms with E-state index in [0.29, 0.717) is 11.1 Å². The number of ketones is 2. The van der Waals surface area contributed by atoms with E-state index in [1.807, 2.05) is 6.07 Å². The van der Waals surface area contributed by atoms with Crippen molar-refractivity contribution in [2.45, 2.75) is 27.2 Å². The van der Waals surface area contributed by atoms with Gasteiger partial charge in [-0.2, -0.15) is 5.26 Å². The van der Waals surface area contributed by atoms with Gasteiger partial charge in [-0.3, -0.25) is 9.59 Å². The number of hydrogen-bond acceptors (Lipinski definition) is 3. The zero-order valence-electron chi connectivity index (χ0n) is 10.3. The molecule has 3 nitrogen and oxygen atoms in total. The molecule has 0 atom stereocenters. The average molecular weight is 229 g/mol. The van der Waals surface area contributed by atoms with Gasteiger partial charge in [0.05, 0.1) is 18.1 Å². The maximum absolute atomic E-state index is 11.8. The van der Waals surface area contributed by atoms with Crippen molar-refractivity contribution in [3.8, 4) is 6.07 Å². The van der Waals surface area contributed by atoms with Crippen molar-refractivity contribution in [2.75, 3.05) is 0 Å². The zero-order chi connectivity index (χ0) is 13.1. The summed E-state index contributed by atoms with van der Waals surface area (Å²) in [7, 11) is 0. The van der Waals surface area contributed by atoms with E-state index in [2.05, 4.69) is 0 Å². The number of nitriles is 1. The van der Waals surface area contributed by atoms with E-state index in [0.717, 1.165) is 0 Å². The Kier molecular flexibility index (Phi) is 3.80. The van der Waals surface area contributed by atoms with Gasteiger partial charge in [-0.15, -0.1) is 0 Å². The SMILES string of the molecule is CC(C)(C)C(=O)CC(=O)c1cccc(C#N)c1. The first kappa shape index (κ1) is 13.1. The first-order chi connectivity index (χ1) is 7.84. The predicted octanol–water partition coefficient (Wildman–Crippen LogP) is 2.75. The second kappa shape index (κ2) is 4.92.